The fourth-order valence-electron chi connectivity index (χ4n) is 3.30. The van der Waals surface area contributed by atoms with Crippen molar-refractivity contribution in [2.24, 2.45) is 0 Å². The largest absolute Gasteiger partial charge is 0.484 e. The van der Waals surface area contributed by atoms with E-state index in [1.165, 1.54) is 0 Å². The van der Waals surface area contributed by atoms with Crippen LogP contribution < -0.4 is 15.0 Å². The molecule has 0 aliphatic rings. The van der Waals surface area contributed by atoms with Gasteiger partial charge in [0.1, 0.15) is 5.75 Å². The number of amides is 1. The molecule has 2 aromatic carbocycles. The topological polar surface area (TPSA) is 58.9 Å². The zero-order valence-electron chi connectivity index (χ0n) is 17.0. The molecule has 1 amide bonds. The van der Waals surface area contributed by atoms with Crippen LogP contribution in [0.15, 0.2) is 66.3 Å². The third-order valence-corrected chi connectivity index (χ3v) is 5.64. The molecule has 0 aliphatic heterocycles. The molecule has 0 spiro atoms. The quantitative estimate of drug-likeness (QED) is 0.439. The predicted molar refractivity (Wildman–Crippen MR) is 123 cm³/mol. The van der Waals surface area contributed by atoms with Crippen molar-refractivity contribution in [2.45, 2.75) is 13.8 Å². The summed E-state index contributed by atoms with van der Waals surface area (Å²) in [4.78, 5) is 20.1. The van der Waals surface area contributed by atoms with Gasteiger partial charge in [0.2, 0.25) is 0 Å². The van der Waals surface area contributed by atoms with Gasteiger partial charge in [0.15, 0.2) is 11.6 Å². The molecular weight excluding hydrogens is 396 g/mol. The van der Waals surface area contributed by atoms with Crippen molar-refractivity contribution in [3.63, 3.8) is 0 Å². The second kappa shape index (κ2) is 9.00. The predicted octanol–water partition coefficient (Wildman–Crippen LogP) is 4.93. The fourth-order valence-corrected chi connectivity index (χ4v) is 4.00. The summed E-state index contributed by atoms with van der Waals surface area (Å²) in [7, 11) is 0. The molecule has 0 atom stereocenters. The van der Waals surface area contributed by atoms with E-state index in [1.807, 2.05) is 70.7 Å². The molecule has 0 bridgehead atoms. The molecule has 0 saturated heterocycles. The van der Waals surface area contributed by atoms with Gasteiger partial charge in [-0.3, -0.25) is 9.20 Å². The van der Waals surface area contributed by atoms with Crippen LogP contribution in [0.25, 0.3) is 16.2 Å². The number of carbonyl (C=O) groups is 1. The lowest BCUT2D eigenvalue weighted by Crippen LogP contribution is -2.22. The summed E-state index contributed by atoms with van der Waals surface area (Å²) in [6, 6.07) is 15.5. The average Bonchev–Trinajstić information content (AvgIpc) is 3.37. The van der Waals surface area contributed by atoms with E-state index >= 15 is 0 Å². The molecule has 0 fully saturated rings. The second-order valence-corrected chi connectivity index (χ2v) is 7.68. The van der Waals surface area contributed by atoms with E-state index in [1.54, 1.807) is 11.3 Å². The Hall–Kier alpha value is -3.32. The number of rotatable bonds is 8. The molecule has 7 heteroatoms. The zero-order chi connectivity index (χ0) is 20.9. The number of imidazole rings is 1. The Labute approximate surface area is 179 Å². The highest BCUT2D eigenvalue weighted by atomic mass is 32.1. The van der Waals surface area contributed by atoms with Crippen molar-refractivity contribution in [3.05, 3.63) is 66.3 Å². The highest BCUT2D eigenvalue weighted by molar-refractivity contribution is 7.15. The first-order valence-electron chi connectivity index (χ1n) is 9.96. The number of fused-ring (bicyclic) bond motifs is 1. The number of nitrogens with one attached hydrogen (secondary N) is 1. The molecule has 0 saturated carbocycles. The number of ether oxygens (including phenoxy) is 1. The lowest BCUT2D eigenvalue weighted by atomic mass is 10.1. The lowest BCUT2D eigenvalue weighted by molar-refractivity contribution is -0.118. The zero-order valence-corrected chi connectivity index (χ0v) is 17.9. The number of hydrogen-bond donors (Lipinski definition) is 1. The highest BCUT2D eigenvalue weighted by Crippen LogP contribution is 2.23. The second-order valence-electron chi connectivity index (χ2n) is 6.80. The maximum absolute atomic E-state index is 12.3. The molecule has 6 nitrogen and oxygen atoms in total. The summed E-state index contributed by atoms with van der Waals surface area (Å²) in [6.07, 6.45) is 3.99. The third kappa shape index (κ3) is 4.46. The van der Waals surface area contributed by atoms with E-state index in [4.69, 9.17) is 4.74 Å². The minimum Gasteiger partial charge on any atom is -0.484 e. The van der Waals surface area contributed by atoms with Crippen molar-refractivity contribution in [2.75, 3.05) is 29.9 Å². The molecule has 4 aromatic rings. The number of thiazole rings is 1. The molecule has 2 aromatic heterocycles. The number of hydrogen-bond acceptors (Lipinski definition) is 5. The first-order valence-corrected chi connectivity index (χ1v) is 10.8. The first kappa shape index (κ1) is 20.0. The van der Waals surface area contributed by atoms with Crippen LogP contribution in [0.3, 0.4) is 0 Å². The van der Waals surface area contributed by atoms with Crippen LogP contribution in [0.2, 0.25) is 0 Å². The van der Waals surface area contributed by atoms with Gasteiger partial charge >= 0.3 is 0 Å². The first-order chi connectivity index (χ1) is 14.7. The number of nitrogens with zero attached hydrogens (tertiary/aromatic N) is 3. The normalized spacial score (nSPS) is 10.9. The minimum absolute atomic E-state index is 0.0409. The summed E-state index contributed by atoms with van der Waals surface area (Å²) in [5.74, 6) is 0.489. The van der Waals surface area contributed by atoms with Gasteiger partial charge in [-0.05, 0) is 38.1 Å². The maximum atomic E-state index is 12.3. The fraction of sp³-hybridized carbons (Fsp3) is 0.217. The van der Waals surface area contributed by atoms with E-state index in [0.29, 0.717) is 5.75 Å². The van der Waals surface area contributed by atoms with Crippen LogP contribution in [0, 0.1) is 0 Å². The molecule has 0 radical (unpaired) electrons. The summed E-state index contributed by atoms with van der Waals surface area (Å²) in [5.41, 5.74) is 3.74. The molecular formula is C23H24N4O2S. The average molecular weight is 421 g/mol. The van der Waals surface area contributed by atoms with Gasteiger partial charge in [0.25, 0.3) is 5.91 Å². The molecule has 0 unspecified atom stereocenters. The maximum Gasteiger partial charge on any atom is 0.262 e. The van der Waals surface area contributed by atoms with Crippen molar-refractivity contribution in [1.29, 1.82) is 0 Å². The Morgan fingerprint density at radius 2 is 1.97 bits per heavy atom. The van der Waals surface area contributed by atoms with Crippen LogP contribution >= 0.6 is 11.3 Å². The van der Waals surface area contributed by atoms with Crippen molar-refractivity contribution < 1.29 is 9.53 Å². The van der Waals surface area contributed by atoms with E-state index in [9.17, 15) is 4.79 Å². The Morgan fingerprint density at radius 1 is 1.17 bits per heavy atom. The third-order valence-electron chi connectivity index (χ3n) is 4.87. The highest BCUT2D eigenvalue weighted by Gasteiger charge is 2.08. The molecule has 154 valence electrons. The molecule has 30 heavy (non-hydrogen) atoms. The van der Waals surface area contributed by atoms with Gasteiger partial charge < -0.3 is 15.0 Å². The Bertz CT molecular complexity index is 1100. The van der Waals surface area contributed by atoms with Crippen LogP contribution in [-0.4, -0.2) is 35.0 Å². The smallest absolute Gasteiger partial charge is 0.262 e. The van der Waals surface area contributed by atoms with Crippen LogP contribution in [0.5, 0.6) is 5.75 Å². The molecule has 0 aliphatic carbocycles. The lowest BCUT2D eigenvalue weighted by Gasteiger charge is -2.21. The summed E-state index contributed by atoms with van der Waals surface area (Å²) >= 11 is 1.60. The van der Waals surface area contributed by atoms with E-state index in [0.717, 1.165) is 40.7 Å². The molecule has 4 rings (SSSR count). The standard InChI is InChI=1S/C23H24N4O2S/c1-3-26(4-2)19-6-5-7-20(14-19)29-16-22(28)24-18-10-8-17(9-11-18)21-15-27-12-13-30-23(27)25-21/h5-15H,3-4,16H2,1-2H3,(H,24,28). The minimum atomic E-state index is -0.196. The van der Waals surface area contributed by atoms with E-state index in [-0.39, 0.29) is 12.5 Å². The number of aromatic nitrogens is 2. The van der Waals surface area contributed by atoms with Crippen LogP contribution in [0.4, 0.5) is 11.4 Å². The van der Waals surface area contributed by atoms with E-state index in [2.05, 4.69) is 29.0 Å². The van der Waals surface area contributed by atoms with Crippen molar-refractivity contribution in [1.82, 2.24) is 9.38 Å². The monoisotopic (exact) mass is 420 g/mol. The van der Waals surface area contributed by atoms with Crippen LogP contribution in [-0.2, 0) is 4.79 Å². The van der Waals surface area contributed by atoms with E-state index < -0.39 is 0 Å². The van der Waals surface area contributed by atoms with Crippen LogP contribution in [0.1, 0.15) is 13.8 Å². The van der Waals surface area contributed by atoms with Gasteiger partial charge in [0, 0.05) is 53.9 Å². The van der Waals surface area contributed by atoms with Gasteiger partial charge in [-0.1, -0.05) is 18.2 Å². The Morgan fingerprint density at radius 3 is 2.70 bits per heavy atom. The Balaban J connectivity index is 1.34. The van der Waals surface area contributed by atoms with Gasteiger partial charge in [-0.25, -0.2) is 4.98 Å². The number of carbonyl (C=O) groups excluding carboxylic acids is 1. The summed E-state index contributed by atoms with van der Waals surface area (Å²) in [5, 5.41) is 4.88. The van der Waals surface area contributed by atoms with Gasteiger partial charge in [-0.15, -0.1) is 11.3 Å². The van der Waals surface area contributed by atoms with Gasteiger partial charge in [-0.2, -0.15) is 0 Å². The Kier molecular flexibility index (Phi) is 5.99. The van der Waals surface area contributed by atoms with Crippen molar-refractivity contribution >= 4 is 33.6 Å². The summed E-state index contributed by atoms with van der Waals surface area (Å²) < 4.78 is 7.69. The molecule has 2 heterocycles. The number of benzene rings is 2. The van der Waals surface area contributed by atoms with Gasteiger partial charge in [0.05, 0.1) is 5.69 Å². The molecule has 1 N–H and O–H groups in total. The number of anilines is 2. The van der Waals surface area contributed by atoms with Crippen molar-refractivity contribution in [3.8, 4) is 17.0 Å². The SMILES string of the molecule is CCN(CC)c1cccc(OCC(=O)Nc2ccc(-c3cn4ccsc4n3)cc2)c1. The summed E-state index contributed by atoms with van der Waals surface area (Å²) in [6.45, 7) is 6.04.